The van der Waals surface area contributed by atoms with Gasteiger partial charge in [0.05, 0.1) is 7.11 Å². The summed E-state index contributed by atoms with van der Waals surface area (Å²) in [7, 11) is 1.54. The van der Waals surface area contributed by atoms with Gasteiger partial charge in [-0.15, -0.1) is 0 Å². The topological polar surface area (TPSA) is 113 Å². The van der Waals surface area contributed by atoms with E-state index < -0.39 is 5.25 Å². The number of aromatic nitrogens is 1. The quantitative estimate of drug-likeness (QED) is 0.643. The number of pyridine rings is 1. The van der Waals surface area contributed by atoms with Crippen molar-refractivity contribution in [1.82, 2.24) is 15.2 Å². The number of nitrogens with zero attached hydrogens (tertiary/aromatic N) is 3. The number of amidine groups is 1. The Hall–Kier alpha value is -3.40. The number of anilines is 1. The lowest BCUT2D eigenvalue weighted by molar-refractivity contribution is -0.121. The van der Waals surface area contributed by atoms with Crippen LogP contribution in [0.25, 0.3) is 0 Å². The average Bonchev–Trinajstić information content (AvgIpc) is 3.48. The molecule has 2 aliphatic rings. The van der Waals surface area contributed by atoms with E-state index in [1.807, 2.05) is 6.07 Å². The van der Waals surface area contributed by atoms with E-state index in [9.17, 15) is 14.4 Å². The molecule has 0 bridgehead atoms. The van der Waals surface area contributed by atoms with Crippen molar-refractivity contribution < 1.29 is 19.1 Å². The number of likely N-dealkylation sites (tertiary alicyclic amines) is 1. The molecule has 1 fully saturated rings. The van der Waals surface area contributed by atoms with Crippen LogP contribution in [-0.2, 0) is 16.1 Å². The van der Waals surface area contributed by atoms with Crippen LogP contribution in [0.2, 0.25) is 0 Å². The number of rotatable bonds is 7. The van der Waals surface area contributed by atoms with Crippen LogP contribution in [0.5, 0.6) is 5.88 Å². The molecule has 33 heavy (non-hydrogen) atoms. The monoisotopic (exact) mass is 467 g/mol. The van der Waals surface area contributed by atoms with Gasteiger partial charge in [0.25, 0.3) is 11.8 Å². The number of carbonyl (C=O) groups is 3. The van der Waals surface area contributed by atoms with Gasteiger partial charge in [-0.05, 0) is 42.7 Å². The second kappa shape index (κ2) is 10.5. The van der Waals surface area contributed by atoms with E-state index in [0.717, 1.165) is 36.7 Å². The predicted octanol–water partition coefficient (Wildman–Crippen LogP) is 2.44. The van der Waals surface area contributed by atoms with E-state index in [0.29, 0.717) is 23.7 Å². The predicted molar refractivity (Wildman–Crippen MR) is 126 cm³/mol. The normalized spacial score (nSPS) is 17.6. The van der Waals surface area contributed by atoms with Gasteiger partial charge in [-0.3, -0.25) is 14.4 Å². The van der Waals surface area contributed by atoms with Crippen LogP contribution < -0.4 is 15.4 Å². The van der Waals surface area contributed by atoms with E-state index in [1.54, 1.807) is 43.6 Å². The number of hydrogen-bond acceptors (Lipinski definition) is 7. The maximum Gasteiger partial charge on any atom is 0.262 e. The Bertz CT molecular complexity index is 1050. The Labute approximate surface area is 196 Å². The maximum absolute atomic E-state index is 12.4. The molecule has 3 amide bonds. The number of nitrogens with one attached hydrogen (secondary N) is 2. The highest BCUT2D eigenvalue weighted by molar-refractivity contribution is 8.15. The van der Waals surface area contributed by atoms with Gasteiger partial charge in [-0.25, -0.2) is 4.98 Å². The third-order valence-corrected chi connectivity index (χ3v) is 6.58. The summed E-state index contributed by atoms with van der Waals surface area (Å²) in [5.74, 6) is -0.236. The number of aliphatic imine (C=N–C) groups is 1. The largest absolute Gasteiger partial charge is 0.481 e. The smallest absolute Gasteiger partial charge is 0.262 e. The minimum Gasteiger partial charge on any atom is -0.481 e. The van der Waals surface area contributed by atoms with Gasteiger partial charge < -0.3 is 20.3 Å². The minimum atomic E-state index is -0.488. The fourth-order valence-electron chi connectivity index (χ4n) is 3.56. The van der Waals surface area contributed by atoms with Crippen LogP contribution in [0.15, 0.2) is 47.6 Å². The molecular weight excluding hydrogens is 442 g/mol. The third-order valence-electron chi connectivity index (χ3n) is 5.37. The Balaban J connectivity index is 1.24. The summed E-state index contributed by atoms with van der Waals surface area (Å²) in [6.07, 6.45) is 3.91. The van der Waals surface area contributed by atoms with Crippen molar-refractivity contribution in [2.75, 3.05) is 25.5 Å². The Morgan fingerprint density at radius 2 is 1.91 bits per heavy atom. The Morgan fingerprint density at radius 1 is 1.15 bits per heavy atom. The van der Waals surface area contributed by atoms with Crippen LogP contribution in [0.4, 0.5) is 5.69 Å². The Kier molecular flexibility index (Phi) is 7.23. The van der Waals surface area contributed by atoms with E-state index in [2.05, 4.69) is 25.5 Å². The second-order valence-corrected chi connectivity index (χ2v) is 8.92. The molecular formula is C23H25N5O4S. The molecule has 2 aromatic rings. The van der Waals surface area contributed by atoms with Gasteiger partial charge in [0.1, 0.15) is 5.25 Å². The number of amides is 3. The lowest BCUT2D eigenvalue weighted by Crippen LogP contribution is -2.25. The average molecular weight is 468 g/mol. The first kappa shape index (κ1) is 22.8. The van der Waals surface area contributed by atoms with Gasteiger partial charge in [0.15, 0.2) is 5.17 Å². The van der Waals surface area contributed by atoms with Crippen molar-refractivity contribution in [2.45, 2.75) is 31.1 Å². The van der Waals surface area contributed by atoms with Crippen LogP contribution in [0.1, 0.15) is 35.2 Å². The molecule has 10 heteroatoms. The zero-order valence-electron chi connectivity index (χ0n) is 18.2. The zero-order valence-corrected chi connectivity index (χ0v) is 19.1. The number of carbonyl (C=O) groups excluding carboxylic acids is 3. The fourth-order valence-corrected chi connectivity index (χ4v) is 4.68. The summed E-state index contributed by atoms with van der Waals surface area (Å²) < 4.78 is 5.02. The summed E-state index contributed by atoms with van der Waals surface area (Å²) in [4.78, 5) is 47.3. The number of benzene rings is 1. The van der Waals surface area contributed by atoms with E-state index in [1.165, 1.54) is 11.8 Å². The highest BCUT2D eigenvalue weighted by atomic mass is 32.2. The minimum absolute atomic E-state index is 0.0580. The molecule has 0 radical (unpaired) electrons. The summed E-state index contributed by atoms with van der Waals surface area (Å²) in [5, 5.41) is 5.86. The van der Waals surface area contributed by atoms with Gasteiger partial charge in [0.2, 0.25) is 11.8 Å². The SMILES string of the molecule is COc1ccc(CNC(=O)c2ccc(NC(=O)C[C@H]3SC(N4CCCC4)=NC3=O)cc2)cn1. The van der Waals surface area contributed by atoms with Crippen LogP contribution in [0, 0.1) is 0 Å². The first-order valence-electron chi connectivity index (χ1n) is 10.7. The molecule has 1 atom stereocenters. The lowest BCUT2D eigenvalue weighted by atomic mass is 10.2. The summed E-state index contributed by atoms with van der Waals surface area (Å²) in [6.45, 7) is 2.16. The van der Waals surface area contributed by atoms with Crippen LogP contribution in [-0.4, -0.2) is 58.2 Å². The van der Waals surface area contributed by atoms with Gasteiger partial charge in [-0.2, -0.15) is 4.99 Å². The lowest BCUT2D eigenvalue weighted by Gasteiger charge is -2.16. The molecule has 172 valence electrons. The number of methoxy groups -OCH3 is 1. The molecule has 0 spiro atoms. The van der Waals surface area contributed by atoms with Crippen molar-refractivity contribution in [3.63, 3.8) is 0 Å². The number of thioether (sulfide) groups is 1. The highest BCUT2D eigenvalue weighted by Gasteiger charge is 2.33. The molecule has 3 heterocycles. The number of ether oxygens (including phenoxy) is 1. The molecule has 1 aromatic heterocycles. The van der Waals surface area contributed by atoms with Gasteiger partial charge in [0, 0.05) is 49.6 Å². The molecule has 9 nitrogen and oxygen atoms in total. The highest BCUT2D eigenvalue weighted by Crippen LogP contribution is 2.29. The molecule has 4 rings (SSSR count). The first-order valence-corrected chi connectivity index (χ1v) is 11.6. The molecule has 0 aliphatic carbocycles. The van der Waals surface area contributed by atoms with Gasteiger partial charge in [-0.1, -0.05) is 17.8 Å². The zero-order chi connectivity index (χ0) is 23.2. The fraction of sp³-hybridized carbons (Fsp3) is 0.348. The molecule has 0 unspecified atom stereocenters. The molecule has 1 aromatic carbocycles. The maximum atomic E-state index is 12.4. The second-order valence-electron chi connectivity index (χ2n) is 7.75. The molecule has 2 N–H and O–H groups in total. The first-order chi connectivity index (χ1) is 16.0. The summed E-state index contributed by atoms with van der Waals surface area (Å²) >= 11 is 1.37. The van der Waals surface area contributed by atoms with Crippen molar-refractivity contribution in [2.24, 2.45) is 4.99 Å². The van der Waals surface area contributed by atoms with Crippen LogP contribution >= 0.6 is 11.8 Å². The van der Waals surface area contributed by atoms with E-state index >= 15 is 0 Å². The molecule has 0 saturated carbocycles. The summed E-state index contributed by atoms with van der Waals surface area (Å²) in [5.41, 5.74) is 1.89. The van der Waals surface area contributed by atoms with Gasteiger partial charge >= 0.3 is 0 Å². The van der Waals surface area contributed by atoms with Crippen molar-refractivity contribution in [3.8, 4) is 5.88 Å². The van der Waals surface area contributed by atoms with Crippen molar-refractivity contribution >= 4 is 40.3 Å². The molecule has 2 aliphatic heterocycles. The summed E-state index contributed by atoms with van der Waals surface area (Å²) in [6, 6.07) is 10.2. The number of hydrogen-bond donors (Lipinski definition) is 2. The van der Waals surface area contributed by atoms with Crippen molar-refractivity contribution in [1.29, 1.82) is 0 Å². The van der Waals surface area contributed by atoms with Crippen LogP contribution in [0.3, 0.4) is 0 Å². The van der Waals surface area contributed by atoms with E-state index in [-0.39, 0.29) is 24.1 Å². The Morgan fingerprint density at radius 3 is 2.58 bits per heavy atom. The third kappa shape index (κ3) is 5.89. The molecule has 1 saturated heterocycles. The van der Waals surface area contributed by atoms with E-state index in [4.69, 9.17) is 4.74 Å². The van der Waals surface area contributed by atoms with Crippen molar-refractivity contribution in [3.05, 3.63) is 53.7 Å². The standard InChI is InChI=1S/C23H25N5O4S/c1-32-20-9-4-15(13-24-20)14-25-21(30)16-5-7-17(8-6-16)26-19(29)12-18-22(31)27-23(33-18)28-10-2-3-11-28/h4-9,13,18H,2-3,10-12,14H2,1H3,(H,25,30)(H,26,29)/t18-/m1/s1.